The van der Waals surface area contributed by atoms with Crippen LogP contribution in [0, 0.1) is 0 Å². The van der Waals surface area contributed by atoms with Crippen molar-refractivity contribution >= 4 is 63.0 Å². The van der Waals surface area contributed by atoms with Crippen LogP contribution in [0.3, 0.4) is 0 Å². The van der Waals surface area contributed by atoms with E-state index in [9.17, 15) is 9.59 Å². The summed E-state index contributed by atoms with van der Waals surface area (Å²) in [5.74, 6) is 0.906. The van der Waals surface area contributed by atoms with Crippen molar-refractivity contribution in [2.75, 3.05) is 14.2 Å². The number of rotatable bonds is 5. The van der Waals surface area contributed by atoms with Crippen molar-refractivity contribution in [3.8, 4) is 11.5 Å². The van der Waals surface area contributed by atoms with Gasteiger partial charge in [0.25, 0.3) is 11.1 Å². The van der Waals surface area contributed by atoms with Gasteiger partial charge in [0.15, 0.2) is 0 Å². The molecule has 31 heavy (non-hydrogen) atoms. The van der Waals surface area contributed by atoms with Gasteiger partial charge in [0.1, 0.15) is 11.5 Å². The minimum atomic E-state index is -0.372. The summed E-state index contributed by atoms with van der Waals surface area (Å²) in [5.41, 5.74) is 1.42. The second kappa shape index (κ2) is 8.83. The van der Waals surface area contributed by atoms with Gasteiger partial charge in [-0.1, -0.05) is 41.4 Å². The topological polar surface area (TPSA) is 55.8 Å². The number of methoxy groups -OCH3 is 2. The number of nitrogens with zero attached hydrogens (tertiary/aromatic N) is 1. The second-order valence-electron chi connectivity index (χ2n) is 6.78. The Morgan fingerprint density at radius 3 is 2.45 bits per heavy atom. The van der Waals surface area contributed by atoms with Gasteiger partial charge >= 0.3 is 0 Å². The Balaban J connectivity index is 1.72. The lowest BCUT2D eigenvalue weighted by Gasteiger charge is -2.13. The predicted molar refractivity (Wildman–Crippen MR) is 125 cm³/mol. The number of imide groups is 1. The molecule has 2 amide bonds. The Morgan fingerprint density at radius 1 is 0.968 bits per heavy atom. The number of thioether (sulfide) groups is 1. The maximum atomic E-state index is 13.0. The number of hydrogen-bond donors (Lipinski definition) is 0. The van der Waals surface area contributed by atoms with Crippen LogP contribution in [0.15, 0.2) is 53.4 Å². The molecule has 1 aliphatic rings. The molecule has 8 heteroatoms. The van der Waals surface area contributed by atoms with E-state index in [0.29, 0.717) is 37.6 Å². The molecule has 0 saturated carbocycles. The molecule has 1 aliphatic heterocycles. The maximum Gasteiger partial charge on any atom is 0.293 e. The van der Waals surface area contributed by atoms with Crippen LogP contribution in [0.2, 0.25) is 10.0 Å². The zero-order valence-electron chi connectivity index (χ0n) is 16.6. The molecule has 0 atom stereocenters. The molecular formula is C23H17Cl2NO4S. The molecule has 0 unspecified atom stereocenters. The summed E-state index contributed by atoms with van der Waals surface area (Å²) in [6, 6.07) is 14.5. The van der Waals surface area contributed by atoms with Crippen LogP contribution in [0.4, 0.5) is 4.79 Å². The first-order chi connectivity index (χ1) is 14.9. The summed E-state index contributed by atoms with van der Waals surface area (Å²) in [7, 11) is 3.16. The van der Waals surface area contributed by atoms with E-state index >= 15 is 0 Å². The summed E-state index contributed by atoms with van der Waals surface area (Å²) in [6.07, 6.45) is 1.69. The number of carbonyl (C=O) groups is 2. The van der Waals surface area contributed by atoms with Crippen molar-refractivity contribution in [3.05, 3.63) is 74.6 Å². The van der Waals surface area contributed by atoms with Crippen molar-refractivity contribution in [1.82, 2.24) is 4.90 Å². The highest BCUT2D eigenvalue weighted by atomic mass is 35.5. The Bertz CT molecular complexity index is 1240. The van der Waals surface area contributed by atoms with Crippen molar-refractivity contribution in [2.24, 2.45) is 0 Å². The summed E-state index contributed by atoms with van der Waals surface area (Å²) >= 11 is 12.9. The third kappa shape index (κ3) is 4.24. The molecular weight excluding hydrogens is 457 g/mol. The third-order valence-corrected chi connectivity index (χ3v) is 6.57. The number of amides is 2. The Kier molecular flexibility index (Phi) is 6.14. The van der Waals surface area contributed by atoms with E-state index in [0.717, 1.165) is 22.5 Å². The molecule has 158 valence electrons. The van der Waals surface area contributed by atoms with Crippen LogP contribution in [0.5, 0.6) is 11.5 Å². The Morgan fingerprint density at radius 2 is 1.74 bits per heavy atom. The van der Waals surface area contributed by atoms with Gasteiger partial charge in [0.2, 0.25) is 0 Å². The van der Waals surface area contributed by atoms with Crippen molar-refractivity contribution in [3.63, 3.8) is 0 Å². The minimum absolute atomic E-state index is 0.111. The highest BCUT2D eigenvalue weighted by Gasteiger charge is 2.35. The van der Waals surface area contributed by atoms with Gasteiger partial charge in [-0.2, -0.15) is 0 Å². The van der Waals surface area contributed by atoms with Crippen molar-refractivity contribution < 1.29 is 19.1 Å². The molecule has 5 nitrogen and oxygen atoms in total. The summed E-state index contributed by atoms with van der Waals surface area (Å²) < 4.78 is 10.9. The number of carbonyl (C=O) groups excluding carboxylic acids is 2. The van der Waals surface area contributed by atoms with E-state index in [2.05, 4.69) is 0 Å². The van der Waals surface area contributed by atoms with Crippen LogP contribution in [0.25, 0.3) is 16.8 Å². The molecule has 3 aromatic rings. The van der Waals surface area contributed by atoms with E-state index in [-0.39, 0.29) is 17.7 Å². The predicted octanol–water partition coefficient (Wildman–Crippen LogP) is 6.40. The number of hydrogen-bond acceptors (Lipinski definition) is 5. The molecule has 0 aliphatic carbocycles. The zero-order valence-corrected chi connectivity index (χ0v) is 19.0. The van der Waals surface area contributed by atoms with Gasteiger partial charge in [0, 0.05) is 5.56 Å². The molecule has 1 saturated heterocycles. The molecule has 1 heterocycles. The largest absolute Gasteiger partial charge is 0.497 e. The maximum absolute atomic E-state index is 13.0. The summed E-state index contributed by atoms with van der Waals surface area (Å²) in [6.45, 7) is 0.111. The molecule has 1 fully saturated rings. The number of benzene rings is 3. The van der Waals surface area contributed by atoms with E-state index in [4.69, 9.17) is 32.7 Å². The van der Waals surface area contributed by atoms with E-state index in [1.54, 1.807) is 38.5 Å². The van der Waals surface area contributed by atoms with Crippen LogP contribution < -0.4 is 9.47 Å². The van der Waals surface area contributed by atoms with Gasteiger partial charge in [-0.15, -0.1) is 0 Å². The normalized spacial score (nSPS) is 15.2. The Hall–Kier alpha value is -2.67. The standard InChI is InChI=1S/C23H17Cl2NO4S/c1-29-15-6-4-14-5-8-20(30-2)17(16(14)10-15)11-21-22(27)26(23(28)31-21)12-13-3-7-18(24)19(25)9-13/h3-11H,12H2,1-2H3/b21-11+. The lowest BCUT2D eigenvalue weighted by Crippen LogP contribution is -2.27. The van der Waals surface area contributed by atoms with Crippen molar-refractivity contribution in [1.29, 1.82) is 0 Å². The highest BCUT2D eigenvalue weighted by molar-refractivity contribution is 8.18. The fourth-order valence-electron chi connectivity index (χ4n) is 3.34. The number of halogens is 2. The molecule has 4 rings (SSSR count). The number of fused-ring (bicyclic) bond motifs is 1. The summed E-state index contributed by atoms with van der Waals surface area (Å²) in [5, 5.41) is 2.26. The molecule has 0 spiro atoms. The van der Waals surface area contributed by atoms with Gasteiger partial charge in [-0.3, -0.25) is 14.5 Å². The fourth-order valence-corrected chi connectivity index (χ4v) is 4.48. The number of ether oxygens (including phenoxy) is 2. The van der Waals surface area contributed by atoms with Gasteiger partial charge < -0.3 is 9.47 Å². The SMILES string of the molecule is COc1ccc2ccc(OC)c(/C=C3/SC(=O)N(Cc4ccc(Cl)c(Cl)c4)C3=O)c2c1. The van der Waals surface area contributed by atoms with E-state index in [1.165, 1.54) is 4.90 Å². The smallest absolute Gasteiger partial charge is 0.293 e. The lowest BCUT2D eigenvalue weighted by atomic mass is 10.0. The quantitative estimate of drug-likeness (QED) is 0.401. The van der Waals surface area contributed by atoms with E-state index in [1.807, 2.05) is 30.3 Å². The minimum Gasteiger partial charge on any atom is -0.497 e. The average Bonchev–Trinajstić information content (AvgIpc) is 3.03. The first-order valence-electron chi connectivity index (χ1n) is 9.25. The van der Waals surface area contributed by atoms with Gasteiger partial charge in [-0.05, 0) is 64.5 Å². The first-order valence-corrected chi connectivity index (χ1v) is 10.8. The fraction of sp³-hybridized carbons (Fsp3) is 0.130. The van der Waals surface area contributed by atoms with Crippen LogP contribution >= 0.6 is 35.0 Å². The molecule has 3 aromatic carbocycles. The monoisotopic (exact) mass is 473 g/mol. The molecule has 0 N–H and O–H groups in total. The van der Waals surface area contributed by atoms with Gasteiger partial charge in [-0.25, -0.2) is 0 Å². The zero-order chi connectivity index (χ0) is 22.1. The van der Waals surface area contributed by atoms with Crippen LogP contribution in [-0.2, 0) is 11.3 Å². The molecule has 0 aromatic heterocycles. The average molecular weight is 474 g/mol. The first kappa shape index (κ1) is 21.6. The lowest BCUT2D eigenvalue weighted by molar-refractivity contribution is -0.123. The molecule has 0 bridgehead atoms. The third-order valence-electron chi connectivity index (χ3n) is 4.92. The van der Waals surface area contributed by atoms with Crippen LogP contribution in [-0.4, -0.2) is 30.3 Å². The second-order valence-corrected chi connectivity index (χ2v) is 8.59. The molecule has 0 radical (unpaired) electrons. The van der Waals surface area contributed by atoms with Crippen LogP contribution in [0.1, 0.15) is 11.1 Å². The highest BCUT2D eigenvalue weighted by Crippen LogP contribution is 2.38. The Labute approximate surface area is 193 Å². The summed E-state index contributed by atoms with van der Waals surface area (Å²) in [4.78, 5) is 27.1. The van der Waals surface area contributed by atoms with Gasteiger partial charge in [0.05, 0.1) is 35.7 Å². The van der Waals surface area contributed by atoms with E-state index < -0.39 is 0 Å². The van der Waals surface area contributed by atoms with Crippen molar-refractivity contribution in [2.45, 2.75) is 6.54 Å².